The van der Waals surface area contributed by atoms with Gasteiger partial charge in [-0.05, 0) is 35.4 Å². The van der Waals surface area contributed by atoms with Gasteiger partial charge < -0.3 is 15.1 Å². The molecule has 3 N–H and O–H groups in total. The lowest BCUT2D eigenvalue weighted by molar-refractivity contribution is 0.0942. The Morgan fingerprint density at radius 1 is 0.971 bits per heavy atom. The third kappa shape index (κ3) is 4.26. The highest BCUT2D eigenvalue weighted by molar-refractivity contribution is 5.98. The molecule has 0 radical (unpaired) electrons. The molecule has 0 aliphatic carbocycles. The lowest BCUT2D eigenvalue weighted by Gasteiger charge is -2.10. The van der Waals surface area contributed by atoms with Crippen molar-refractivity contribution in [3.63, 3.8) is 0 Å². The van der Waals surface area contributed by atoms with Gasteiger partial charge in [0.25, 0.3) is 11.8 Å². The smallest absolute Gasteiger partial charge is 0.408 e. The third-order valence-electron chi connectivity index (χ3n) is 5.13. The van der Waals surface area contributed by atoms with E-state index in [1.54, 1.807) is 36.4 Å². The van der Waals surface area contributed by atoms with Crippen molar-refractivity contribution in [1.82, 2.24) is 30.2 Å². The first-order valence-corrected chi connectivity index (χ1v) is 10.2. The highest BCUT2D eigenvalue weighted by atomic mass is 19.1. The van der Waals surface area contributed by atoms with Gasteiger partial charge in [0, 0.05) is 25.2 Å². The summed E-state index contributed by atoms with van der Waals surface area (Å²) in [7, 11) is 0. The second-order valence-electron chi connectivity index (χ2n) is 7.46. The summed E-state index contributed by atoms with van der Waals surface area (Å²) in [6.07, 6.45) is 1.47. The number of nitrogens with zero attached hydrogens (tertiary/aromatic N) is 3. The quantitative estimate of drug-likeness (QED) is 0.356. The van der Waals surface area contributed by atoms with E-state index in [4.69, 9.17) is 4.42 Å². The number of nitrogens with one attached hydrogen (secondary N) is 3. The Bertz CT molecular complexity index is 1580. The van der Waals surface area contributed by atoms with Crippen LogP contribution in [0.2, 0.25) is 0 Å². The highest BCUT2D eigenvalue weighted by Crippen LogP contribution is 2.13. The van der Waals surface area contributed by atoms with Gasteiger partial charge in [-0.2, -0.15) is 5.10 Å². The third-order valence-corrected chi connectivity index (χ3v) is 5.13. The second-order valence-corrected chi connectivity index (χ2v) is 7.46. The zero-order valence-corrected chi connectivity index (χ0v) is 17.5. The summed E-state index contributed by atoms with van der Waals surface area (Å²) in [5.41, 5.74) is 2.89. The first-order valence-electron chi connectivity index (χ1n) is 10.2. The number of hydrogen-bond donors (Lipinski definition) is 3. The lowest BCUT2D eigenvalue weighted by Crippen LogP contribution is -2.28. The fourth-order valence-corrected chi connectivity index (χ4v) is 3.45. The van der Waals surface area contributed by atoms with Crippen LogP contribution in [-0.4, -0.2) is 31.4 Å². The molecule has 0 saturated heterocycles. The Morgan fingerprint density at radius 2 is 1.71 bits per heavy atom. The predicted octanol–water partition coefficient (Wildman–Crippen LogP) is 2.16. The Balaban J connectivity index is 1.33. The van der Waals surface area contributed by atoms with Crippen molar-refractivity contribution in [1.29, 1.82) is 0 Å². The van der Waals surface area contributed by atoms with Gasteiger partial charge in [0.15, 0.2) is 11.2 Å². The average Bonchev–Trinajstić information content (AvgIpc) is 3.46. The maximum atomic E-state index is 13.1. The summed E-state index contributed by atoms with van der Waals surface area (Å²) in [6.45, 7) is 0.338. The molecule has 0 atom stereocenters. The molecule has 11 heteroatoms. The maximum absolute atomic E-state index is 13.1. The van der Waals surface area contributed by atoms with E-state index >= 15 is 0 Å². The summed E-state index contributed by atoms with van der Waals surface area (Å²) >= 11 is 0. The molecular formula is C23H17FN6O4. The van der Waals surface area contributed by atoms with Crippen molar-refractivity contribution in [3.8, 4) is 0 Å². The number of aromatic nitrogens is 4. The van der Waals surface area contributed by atoms with E-state index in [0.29, 0.717) is 16.7 Å². The van der Waals surface area contributed by atoms with Gasteiger partial charge in [0.1, 0.15) is 17.2 Å². The number of H-pyrrole nitrogens is 1. The number of aromatic amines is 1. The number of carbonyl (C=O) groups excluding carboxylic acids is 2. The minimum Gasteiger partial charge on any atom is -0.408 e. The standard InChI is InChI=1S/C23H17FN6O4/c24-15-4-1-13(2-5-15)11-26-22(32)18-10-17(28-20-7-8-27-30(18)20)21(31)25-12-14-3-6-19-16(9-14)29-23(33)34-19/h1-10H,11-12H2,(H,25,31)(H,26,32)(H,29,33). The molecule has 2 amide bonds. The average molecular weight is 460 g/mol. The number of hydrogen-bond acceptors (Lipinski definition) is 6. The Morgan fingerprint density at radius 3 is 2.53 bits per heavy atom. The predicted molar refractivity (Wildman–Crippen MR) is 119 cm³/mol. The zero-order chi connectivity index (χ0) is 23.7. The van der Waals surface area contributed by atoms with Gasteiger partial charge >= 0.3 is 5.76 Å². The SMILES string of the molecule is O=C(NCc1ccc2oc(=O)[nH]c2c1)c1cc(C(=O)NCc2ccc(F)cc2)n2nccc2n1. The molecule has 0 saturated carbocycles. The number of carbonyl (C=O) groups is 2. The fraction of sp³-hybridized carbons (Fsp3) is 0.0870. The molecule has 170 valence electrons. The van der Waals surface area contributed by atoms with Crippen LogP contribution in [0.5, 0.6) is 0 Å². The van der Waals surface area contributed by atoms with Crippen molar-refractivity contribution in [3.05, 3.63) is 99.7 Å². The summed E-state index contributed by atoms with van der Waals surface area (Å²) < 4.78 is 19.4. The fourth-order valence-electron chi connectivity index (χ4n) is 3.45. The van der Waals surface area contributed by atoms with Crippen LogP contribution in [0.15, 0.2) is 70.0 Å². The van der Waals surface area contributed by atoms with Crippen molar-refractivity contribution < 1.29 is 18.4 Å². The molecule has 0 aliphatic rings. The molecule has 0 spiro atoms. The zero-order valence-electron chi connectivity index (χ0n) is 17.5. The van der Waals surface area contributed by atoms with Gasteiger partial charge in [-0.3, -0.25) is 14.6 Å². The molecule has 2 aromatic carbocycles. The first-order chi connectivity index (χ1) is 16.5. The Labute approximate surface area is 190 Å². The molecule has 10 nitrogen and oxygen atoms in total. The summed E-state index contributed by atoms with van der Waals surface area (Å²) in [6, 6.07) is 13.7. The molecule has 0 unspecified atom stereocenters. The van der Waals surface area contributed by atoms with Crippen molar-refractivity contribution in [2.75, 3.05) is 0 Å². The molecule has 0 aliphatic heterocycles. The van der Waals surface area contributed by atoms with E-state index in [-0.39, 0.29) is 30.3 Å². The van der Waals surface area contributed by atoms with Crippen LogP contribution in [-0.2, 0) is 13.1 Å². The van der Waals surface area contributed by atoms with Crippen LogP contribution in [0, 0.1) is 5.82 Å². The molecular weight excluding hydrogens is 443 g/mol. The number of amides is 2. The van der Waals surface area contributed by atoms with Crippen molar-refractivity contribution in [2.24, 2.45) is 0 Å². The second kappa shape index (κ2) is 8.62. The number of halogens is 1. The van der Waals surface area contributed by atoms with E-state index < -0.39 is 17.6 Å². The molecule has 3 aromatic heterocycles. The minimum absolute atomic E-state index is 0.0396. The van der Waals surface area contributed by atoms with E-state index in [2.05, 4.69) is 25.7 Å². The normalized spacial score (nSPS) is 11.1. The van der Waals surface area contributed by atoms with E-state index in [0.717, 1.165) is 11.1 Å². The molecule has 5 aromatic rings. The monoisotopic (exact) mass is 460 g/mol. The van der Waals surface area contributed by atoms with Crippen molar-refractivity contribution >= 4 is 28.6 Å². The van der Waals surface area contributed by atoms with Crippen LogP contribution >= 0.6 is 0 Å². The maximum Gasteiger partial charge on any atom is 0.417 e. The van der Waals surface area contributed by atoms with Gasteiger partial charge in [0.05, 0.1) is 11.7 Å². The van der Waals surface area contributed by atoms with Gasteiger partial charge in [-0.1, -0.05) is 18.2 Å². The topological polar surface area (TPSA) is 134 Å². The number of rotatable bonds is 6. The van der Waals surface area contributed by atoms with E-state index in [9.17, 15) is 18.8 Å². The number of oxazole rings is 1. The van der Waals surface area contributed by atoms with Crippen LogP contribution in [0.3, 0.4) is 0 Å². The van der Waals surface area contributed by atoms with Gasteiger partial charge in [-0.25, -0.2) is 18.7 Å². The van der Waals surface area contributed by atoms with E-state index in [1.165, 1.54) is 28.9 Å². The molecule has 5 rings (SSSR count). The Kier molecular flexibility index (Phi) is 5.34. The van der Waals surface area contributed by atoms with Crippen LogP contribution in [0.25, 0.3) is 16.7 Å². The van der Waals surface area contributed by atoms with Gasteiger partial charge in [0.2, 0.25) is 0 Å². The summed E-state index contributed by atoms with van der Waals surface area (Å²) in [5.74, 6) is -1.88. The van der Waals surface area contributed by atoms with Crippen LogP contribution in [0.4, 0.5) is 4.39 Å². The number of benzene rings is 2. The summed E-state index contributed by atoms with van der Waals surface area (Å²) in [4.78, 5) is 43.8. The molecule has 0 fully saturated rings. The molecule has 0 bridgehead atoms. The van der Waals surface area contributed by atoms with Crippen LogP contribution < -0.4 is 16.4 Å². The van der Waals surface area contributed by atoms with Crippen LogP contribution in [0.1, 0.15) is 32.1 Å². The largest absolute Gasteiger partial charge is 0.417 e. The Hall–Kier alpha value is -4.80. The number of fused-ring (bicyclic) bond motifs is 2. The highest BCUT2D eigenvalue weighted by Gasteiger charge is 2.17. The van der Waals surface area contributed by atoms with E-state index in [1.807, 2.05) is 0 Å². The molecule has 34 heavy (non-hydrogen) atoms. The minimum atomic E-state index is -0.556. The van der Waals surface area contributed by atoms with Gasteiger partial charge in [-0.15, -0.1) is 0 Å². The molecule has 3 heterocycles. The lowest BCUT2D eigenvalue weighted by atomic mass is 10.2. The first kappa shape index (κ1) is 21.1. The van der Waals surface area contributed by atoms with Crippen molar-refractivity contribution in [2.45, 2.75) is 13.1 Å². The summed E-state index contributed by atoms with van der Waals surface area (Å²) in [5, 5.41) is 9.60.